The minimum atomic E-state index is -0.268. The molecule has 0 bridgehead atoms. The third-order valence-corrected chi connectivity index (χ3v) is 4.49. The summed E-state index contributed by atoms with van der Waals surface area (Å²) in [6.07, 6.45) is 6.38. The van der Waals surface area contributed by atoms with Crippen LogP contribution in [0.15, 0.2) is 47.2 Å². The van der Waals surface area contributed by atoms with Gasteiger partial charge < -0.3 is 19.2 Å². The Bertz CT molecular complexity index is 918. The van der Waals surface area contributed by atoms with Crippen molar-refractivity contribution in [2.45, 2.75) is 32.0 Å². The number of rotatable bonds is 6. The number of benzene rings is 1. The largest absolute Gasteiger partial charge is 0.484 e. The first-order valence-electron chi connectivity index (χ1n) is 9.10. The quantitative estimate of drug-likeness (QED) is 0.720. The maximum atomic E-state index is 12.2. The number of oxazole rings is 1. The van der Waals surface area contributed by atoms with Gasteiger partial charge in [0.1, 0.15) is 12.0 Å². The normalized spacial score (nSPS) is 17.0. The van der Waals surface area contributed by atoms with Crippen LogP contribution in [-0.4, -0.2) is 35.1 Å². The Balaban J connectivity index is 1.31. The van der Waals surface area contributed by atoms with Crippen molar-refractivity contribution < 1.29 is 18.7 Å². The van der Waals surface area contributed by atoms with Crippen molar-refractivity contribution in [3.05, 3.63) is 54.4 Å². The van der Waals surface area contributed by atoms with E-state index in [1.165, 1.54) is 6.26 Å². The zero-order valence-electron chi connectivity index (χ0n) is 14.9. The molecule has 1 fully saturated rings. The first-order valence-corrected chi connectivity index (χ1v) is 9.10. The molecule has 0 spiro atoms. The van der Waals surface area contributed by atoms with Crippen LogP contribution in [0.1, 0.15) is 35.6 Å². The van der Waals surface area contributed by atoms with Gasteiger partial charge >= 0.3 is 0 Å². The number of nitrogens with one attached hydrogen (secondary N) is 1. The SMILES string of the molecule is O=C(NC[C@@H]1CCCCO1)c1coc(COc2ccc3ncccc3c2)n1. The van der Waals surface area contributed by atoms with Gasteiger partial charge in [-0.05, 0) is 43.5 Å². The van der Waals surface area contributed by atoms with E-state index in [9.17, 15) is 4.79 Å². The molecule has 7 heteroatoms. The smallest absolute Gasteiger partial charge is 0.273 e. The summed E-state index contributed by atoms with van der Waals surface area (Å²) in [6.45, 7) is 1.39. The molecule has 3 aromatic rings. The number of carbonyl (C=O) groups excluding carboxylic acids is 1. The van der Waals surface area contributed by atoms with Crippen LogP contribution in [0.5, 0.6) is 5.75 Å². The van der Waals surface area contributed by atoms with E-state index in [0.717, 1.165) is 36.8 Å². The Morgan fingerprint density at radius 3 is 3.15 bits per heavy atom. The van der Waals surface area contributed by atoms with E-state index in [-0.39, 0.29) is 24.3 Å². The minimum absolute atomic E-state index is 0.0831. The second kappa shape index (κ2) is 8.18. The van der Waals surface area contributed by atoms with Gasteiger partial charge in [-0.1, -0.05) is 6.07 Å². The second-order valence-corrected chi connectivity index (χ2v) is 6.47. The summed E-state index contributed by atoms with van der Waals surface area (Å²) >= 11 is 0. The summed E-state index contributed by atoms with van der Waals surface area (Å²) in [5.41, 5.74) is 1.15. The third kappa shape index (κ3) is 4.43. The lowest BCUT2D eigenvalue weighted by Crippen LogP contribution is -2.35. The number of carbonyl (C=O) groups is 1. The zero-order chi connectivity index (χ0) is 18.5. The van der Waals surface area contributed by atoms with Crippen LogP contribution >= 0.6 is 0 Å². The van der Waals surface area contributed by atoms with E-state index in [1.807, 2.05) is 30.3 Å². The average Bonchev–Trinajstić information content (AvgIpc) is 3.20. The predicted molar refractivity (Wildman–Crippen MR) is 98.5 cm³/mol. The van der Waals surface area contributed by atoms with Crippen molar-refractivity contribution in [1.82, 2.24) is 15.3 Å². The molecule has 4 rings (SSSR count). The first kappa shape index (κ1) is 17.5. The zero-order valence-corrected chi connectivity index (χ0v) is 14.9. The highest BCUT2D eigenvalue weighted by Gasteiger charge is 2.17. The highest BCUT2D eigenvalue weighted by molar-refractivity contribution is 5.91. The molecular formula is C20H21N3O4. The Morgan fingerprint density at radius 1 is 1.30 bits per heavy atom. The van der Waals surface area contributed by atoms with Crippen LogP contribution in [0.25, 0.3) is 10.9 Å². The lowest BCUT2D eigenvalue weighted by atomic mass is 10.1. The van der Waals surface area contributed by atoms with Crippen molar-refractivity contribution in [2.75, 3.05) is 13.2 Å². The summed E-state index contributed by atoms with van der Waals surface area (Å²) in [7, 11) is 0. The molecule has 0 radical (unpaired) electrons. The van der Waals surface area contributed by atoms with Gasteiger partial charge in [0, 0.05) is 24.7 Å². The summed E-state index contributed by atoms with van der Waals surface area (Å²) in [4.78, 5) is 20.7. The number of fused-ring (bicyclic) bond motifs is 1. The van der Waals surface area contributed by atoms with Gasteiger partial charge in [0.05, 0.1) is 11.6 Å². The molecule has 1 aromatic carbocycles. The molecule has 1 atom stereocenters. The number of amides is 1. The number of hydrogen-bond acceptors (Lipinski definition) is 6. The Labute approximate surface area is 156 Å². The number of aromatic nitrogens is 2. The van der Waals surface area contributed by atoms with Crippen LogP contribution < -0.4 is 10.1 Å². The molecule has 7 nitrogen and oxygen atoms in total. The fourth-order valence-corrected chi connectivity index (χ4v) is 3.04. The van der Waals surface area contributed by atoms with E-state index in [1.54, 1.807) is 6.20 Å². The van der Waals surface area contributed by atoms with Gasteiger partial charge in [-0.25, -0.2) is 4.98 Å². The lowest BCUT2D eigenvalue weighted by molar-refractivity contribution is 0.0168. The molecule has 3 heterocycles. The molecule has 1 aliphatic heterocycles. The van der Waals surface area contributed by atoms with Crippen LogP contribution in [0.2, 0.25) is 0 Å². The van der Waals surface area contributed by atoms with Crippen molar-refractivity contribution in [1.29, 1.82) is 0 Å². The highest BCUT2D eigenvalue weighted by Crippen LogP contribution is 2.20. The van der Waals surface area contributed by atoms with Crippen molar-refractivity contribution >= 4 is 16.8 Å². The first-order chi connectivity index (χ1) is 13.3. The van der Waals surface area contributed by atoms with Gasteiger partial charge in [0.2, 0.25) is 5.89 Å². The second-order valence-electron chi connectivity index (χ2n) is 6.47. The molecular weight excluding hydrogens is 346 g/mol. The number of nitrogens with zero attached hydrogens (tertiary/aromatic N) is 2. The van der Waals surface area contributed by atoms with Crippen LogP contribution in [0, 0.1) is 0 Å². The Hall–Kier alpha value is -2.93. The number of pyridine rings is 1. The topological polar surface area (TPSA) is 86.5 Å². The molecule has 140 valence electrons. The van der Waals surface area contributed by atoms with Crippen LogP contribution in [0.3, 0.4) is 0 Å². The monoisotopic (exact) mass is 367 g/mol. The maximum Gasteiger partial charge on any atom is 0.273 e. The van der Waals surface area contributed by atoms with Crippen LogP contribution in [-0.2, 0) is 11.3 Å². The molecule has 0 aliphatic carbocycles. The van der Waals surface area contributed by atoms with Crippen molar-refractivity contribution in [3.8, 4) is 5.75 Å². The molecule has 1 aliphatic rings. The maximum absolute atomic E-state index is 12.2. The van der Waals surface area contributed by atoms with Gasteiger partial charge in [-0.15, -0.1) is 0 Å². The minimum Gasteiger partial charge on any atom is -0.484 e. The van der Waals surface area contributed by atoms with Crippen molar-refractivity contribution in [3.63, 3.8) is 0 Å². The number of ether oxygens (including phenoxy) is 2. The fraction of sp³-hybridized carbons (Fsp3) is 0.350. The predicted octanol–water partition coefficient (Wildman–Crippen LogP) is 3.10. The van der Waals surface area contributed by atoms with Gasteiger partial charge in [0.25, 0.3) is 5.91 Å². The summed E-state index contributed by atoms with van der Waals surface area (Å²) in [5, 5.41) is 3.83. The highest BCUT2D eigenvalue weighted by atomic mass is 16.5. The van der Waals surface area contributed by atoms with E-state index >= 15 is 0 Å². The lowest BCUT2D eigenvalue weighted by Gasteiger charge is -2.22. The summed E-state index contributed by atoms with van der Waals surface area (Å²) in [6, 6.07) is 9.49. The van der Waals surface area contributed by atoms with Crippen LogP contribution in [0.4, 0.5) is 0 Å². The number of hydrogen-bond donors (Lipinski definition) is 1. The van der Waals surface area contributed by atoms with Gasteiger partial charge in [-0.2, -0.15) is 0 Å². The summed E-state index contributed by atoms with van der Waals surface area (Å²) < 4.78 is 16.7. The molecule has 0 saturated carbocycles. The third-order valence-electron chi connectivity index (χ3n) is 4.49. The molecule has 27 heavy (non-hydrogen) atoms. The van der Waals surface area contributed by atoms with Crippen molar-refractivity contribution in [2.24, 2.45) is 0 Å². The van der Waals surface area contributed by atoms with E-state index < -0.39 is 0 Å². The Morgan fingerprint density at radius 2 is 2.26 bits per heavy atom. The molecule has 1 N–H and O–H groups in total. The molecule has 1 amide bonds. The standard InChI is InChI=1S/C20H21N3O4/c24-20(22-11-16-5-1-2-9-25-16)18-12-27-19(23-18)13-26-15-6-7-17-14(10-15)4-3-8-21-17/h3-4,6-8,10,12,16H,1-2,5,9,11,13H2,(H,22,24)/t16-/m0/s1. The molecule has 0 unspecified atom stereocenters. The van der Waals surface area contributed by atoms with E-state index in [2.05, 4.69) is 15.3 Å². The average molecular weight is 367 g/mol. The molecule has 2 aromatic heterocycles. The Kier molecular flexibility index (Phi) is 5.29. The van der Waals surface area contributed by atoms with E-state index in [0.29, 0.717) is 18.2 Å². The van der Waals surface area contributed by atoms with Gasteiger partial charge in [-0.3, -0.25) is 9.78 Å². The summed E-state index contributed by atoms with van der Waals surface area (Å²) in [5.74, 6) is 0.769. The fourth-order valence-electron chi connectivity index (χ4n) is 3.04. The molecule has 1 saturated heterocycles. The van der Waals surface area contributed by atoms with E-state index in [4.69, 9.17) is 13.9 Å². The van der Waals surface area contributed by atoms with Gasteiger partial charge in [0.15, 0.2) is 12.3 Å².